The van der Waals surface area contributed by atoms with Gasteiger partial charge in [-0.2, -0.15) is 0 Å². The molecule has 1 unspecified atom stereocenters. The van der Waals surface area contributed by atoms with Crippen LogP contribution in [0.25, 0.3) is 10.9 Å². The van der Waals surface area contributed by atoms with E-state index in [1.54, 1.807) is 10.6 Å². The number of aromatic nitrogens is 2. The zero-order valence-electron chi connectivity index (χ0n) is 19.1. The molecular weight excluding hydrogens is 422 g/mol. The fraction of sp³-hybridized carbons (Fsp3) is 0.400. The Kier molecular flexibility index (Phi) is 8.47. The Labute approximate surface area is 193 Å². The van der Waals surface area contributed by atoms with Gasteiger partial charge >= 0.3 is 0 Å². The van der Waals surface area contributed by atoms with E-state index in [2.05, 4.69) is 12.2 Å². The number of thioether (sulfide) groups is 1. The summed E-state index contributed by atoms with van der Waals surface area (Å²) in [7, 11) is 0. The van der Waals surface area contributed by atoms with Crippen LogP contribution in [0.1, 0.15) is 39.7 Å². The lowest BCUT2D eigenvalue weighted by Gasteiger charge is -2.17. The molecule has 1 aromatic heterocycles. The molecule has 0 spiro atoms. The predicted molar refractivity (Wildman–Crippen MR) is 131 cm³/mol. The standard InChI is InChI=1S/C25H31N3O3S/c1-5-19-11-13-20(14-12-19)26-23(29)18(4)32-25-27-22-10-7-6-9-21(22)24(30)28(25)15-8-16-31-17(2)3/h6-7,9-14,17-18H,5,8,15-16H2,1-4H3,(H,26,29). The molecule has 0 saturated carbocycles. The van der Waals surface area contributed by atoms with Crippen LogP contribution in [-0.2, 0) is 22.5 Å². The van der Waals surface area contributed by atoms with Crippen molar-refractivity contribution < 1.29 is 9.53 Å². The summed E-state index contributed by atoms with van der Waals surface area (Å²) >= 11 is 1.30. The quantitative estimate of drug-likeness (QED) is 0.269. The Morgan fingerprint density at radius 1 is 1.12 bits per heavy atom. The van der Waals surface area contributed by atoms with Crippen LogP contribution in [0.2, 0.25) is 0 Å². The number of carbonyl (C=O) groups is 1. The molecule has 170 valence electrons. The first-order valence-electron chi connectivity index (χ1n) is 11.1. The minimum atomic E-state index is -0.424. The number of nitrogens with one attached hydrogen (secondary N) is 1. The number of amides is 1. The molecular formula is C25H31N3O3S. The average molecular weight is 454 g/mol. The van der Waals surface area contributed by atoms with Crippen molar-refractivity contribution in [3.63, 3.8) is 0 Å². The number of fused-ring (bicyclic) bond motifs is 1. The van der Waals surface area contributed by atoms with Gasteiger partial charge in [0.05, 0.1) is 22.3 Å². The van der Waals surface area contributed by atoms with Crippen LogP contribution in [0.4, 0.5) is 5.69 Å². The van der Waals surface area contributed by atoms with Crippen LogP contribution in [0, 0.1) is 0 Å². The lowest BCUT2D eigenvalue weighted by atomic mass is 10.1. The molecule has 3 aromatic rings. The highest BCUT2D eigenvalue weighted by molar-refractivity contribution is 8.00. The number of nitrogens with zero attached hydrogens (tertiary/aromatic N) is 2. The van der Waals surface area contributed by atoms with E-state index in [-0.39, 0.29) is 17.6 Å². The lowest BCUT2D eigenvalue weighted by Crippen LogP contribution is -2.27. The first kappa shape index (κ1) is 24.0. The number of para-hydroxylation sites is 1. The van der Waals surface area contributed by atoms with Crippen LogP contribution in [0.3, 0.4) is 0 Å². The molecule has 3 rings (SSSR count). The van der Waals surface area contributed by atoms with E-state index in [4.69, 9.17) is 9.72 Å². The summed E-state index contributed by atoms with van der Waals surface area (Å²) in [5, 5.41) is 3.65. The first-order chi connectivity index (χ1) is 15.4. The summed E-state index contributed by atoms with van der Waals surface area (Å²) in [6, 6.07) is 15.2. The predicted octanol–water partition coefficient (Wildman–Crippen LogP) is 4.89. The second-order valence-electron chi connectivity index (χ2n) is 7.94. The Hall–Kier alpha value is -2.64. The van der Waals surface area contributed by atoms with Gasteiger partial charge in [0.1, 0.15) is 0 Å². The highest BCUT2D eigenvalue weighted by Crippen LogP contribution is 2.24. The normalized spacial score (nSPS) is 12.3. The molecule has 0 aliphatic rings. The zero-order chi connectivity index (χ0) is 23.1. The van der Waals surface area contributed by atoms with Crippen molar-refractivity contribution in [2.75, 3.05) is 11.9 Å². The van der Waals surface area contributed by atoms with Gasteiger partial charge < -0.3 is 10.1 Å². The third-order valence-corrected chi connectivity index (χ3v) is 6.18. The van der Waals surface area contributed by atoms with E-state index >= 15 is 0 Å². The smallest absolute Gasteiger partial charge is 0.262 e. The van der Waals surface area contributed by atoms with Gasteiger partial charge in [0.2, 0.25) is 5.91 Å². The summed E-state index contributed by atoms with van der Waals surface area (Å²) in [6.45, 7) is 8.94. The van der Waals surface area contributed by atoms with Gasteiger partial charge in [-0.1, -0.05) is 43.0 Å². The molecule has 0 aliphatic heterocycles. The maximum absolute atomic E-state index is 13.1. The number of aryl methyl sites for hydroxylation is 1. The van der Waals surface area contributed by atoms with Crippen LogP contribution in [-0.4, -0.2) is 33.4 Å². The summed E-state index contributed by atoms with van der Waals surface area (Å²) < 4.78 is 7.29. The van der Waals surface area contributed by atoms with E-state index < -0.39 is 5.25 Å². The molecule has 1 amide bonds. The molecule has 32 heavy (non-hydrogen) atoms. The van der Waals surface area contributed by atoms with Crippen molar-refractivity contribution in [2.24, 2.45) is 0 Å². The van der Waals surface area contributed by atoms with Crippen molar-refractivity contribution in [3.8, 4) is 0 Å². The Morgan fingerprint density at radius 2 is 1.84 bits per heavy atom. The third-order valence-electron chi connectivity index (χ3n) is 5.08. The maximum atomic E-state index is 13.1. The second-order valence-corrected chi connectivity index (χ2v) is 9.25. The lowest BCUT2D eigenvalue weighted by molar-refractivity contribution is -0.115. The number of benzene rings is 2. The second kappa shape index (κ2) is 11.3. The van der Waals surface area contributed by atoms with Crippen LogP contribution >= 0.6 is 11.8 Å². The van der Waals surface area contributed by atoms with Gasteiger partial charge in [-0.15, -0.1) is 0 Å². The van der Waals surface area contributed by atoms with Gasteiger partial charge in [0.25, 0.3) is 5.56 Å². The van der Waals surface area contributed by atoms with E-state index in [0.29, 0.717) is 35.6 Å². The third kappa shape index (κ3) is 6.20. The Bertz CT molecular complexity index is 1110. The summed E-state index contributed by atoms with van der Waals surface area (Å²) in [5.41, 5.74) is 2.52. The highest BCUT2D eigenvalue weighted by Gasteiger charge is 2.19. The van der Waals surface area contributed by atoms with Gasteiger partial charge in [0, 0.05) is 18.8 Å². The largest absolute Gasteiger partial charge is 0.379 e. The van der Waals surface area contributed by atoms with Gasteiger partial charge in [-0.3, -0.25) is 14.2 Å². The fourth-order valence-electron chi connectivity index (χ4n) is 3.26. The van der Waals surface area contributed by atoms with Crippen LogP contribution < -0.4 is 10.9 Å². The molecule has 2 aromatic carbocycles. The molecule has 7 heteroatoms. The number of ether oxygens (including phenoxy) is 1. The minimum Gasteiger partial charge on any atom is -0.379 e. The molecule has 1 heterocycles. The van der Waals surface area contributed by atoms with E-state index in [0.717, 1.165) is 12.1 Å². The molecule has 1 atom stereocenters. The Balaban J connectivity index is 1.79. The number of hydrogen-bond donors (Lipinski definition) is 1. The molecule has 6 nitrogen and oxygen atoms in total. The number of carbonyl (C=O) groups excluding carboxylic acids is 1. The van der Waals surface area contributed by atoms with Gasteiger partial charge in [0.15, 0.2) is 5.16 Å². The molecule has 0 saturated heterocycles. The highest BCUT2D eigenvalue weighted by atomic mass is 32.2. The summed E-state index contributed by atoms with van der Waals surface area (Å²) in [5.74, 6) is -0.128. The van der Waals surface area contributed by atoms with E-state index in [1.165, 1.54) is 17.3 Å². The number of anilines is 1. The maximum Gasteiger partial charge on any atom is 0.262 e. The fourth-order valence-corrected chi connectivity index (χ4v) is 4.19. The van der Waals surface area contributed by atoms with Crippen molar-refractivity contribution >= 4 is 34.3 Å². The monoisotopic (exact) mass is 453 g/mol. The molecule has 0 bridgehead atoms. The van der Waals surface area contributed by atoms with Crippen LogP contribution in [0.5, 0.6) is 0 Å². The molecule has 0 fully saturated rings. The van der Waals surface area contributed by atoms with Crippen molar-refractivity contribution in [1.82, 2.24) is 9.55 Å². The Morgan fingerprint density at radius 3 is 2.53 bits per heavy atom. The van der Waals surface area contributed by atoms with Gasteiger partial charge in [-0.05, 0) is 63.4 Å². The molecule has 0 aliphatic carbocycles. The van der Waals surface area contributed by atoms with E-state index in [9.17, 15) is 9.59 Å². The van der Waals surface area contributed by atoms with Crippen molar-refractivity contribution in [3.05, 3.63) is 64.4 Å². The zero-order valence-corrected chi connectivity index (χ0v) is 19.9. The minimum absolute atomic E-state index is 0.0922. The van der Waals surface area contributed by atoms with Gasteiger partial charge in [-0.25, -0.2) is 4.98 Å². The summed E-state index contributed by atoms with van der Waals surface area (Å²) in [6.07, 6.45) is 1.79. The first-order valence-corrected chi connectivity index (χ1v) is 11.9. The molecule has 1 N–H and O–H groups in total. The SMILES string of the molecule is CCc1ccc(NC(=O)C(C)Sc2nc3ccccc3c(=O)n2CCCOC(C)C)cc1. The topological polar surface area (TPSA) is 73.2 Å². The number of rotatable bonds is 10. The average Bonchev–Trinajstić information content (AvgIpc) is 2.78. The van der Waals surface area contributed by atoms with Crippen molar-refractivity contribution in [1.29, 1.82) is 0 Å². The van der Waals surface area contributed by atoms with Crippen molar-refractivity contribution in [2.45, 2.75) is 63.6 Å². The molecule has 0 radical (unpaired) electrons. The van der Waals surface area contributed by atoms with Crippen LogP contribution in [0.15, 0.2) is 58.5 Å². The number of hydrogen-bond acceptors (Lipinski definition) is 5. The van der Waals surface area contributed by atoms with E-state index in [1.807, 2.05) is 63.2 Å². The summed E-state index contributed by atoms with van der Waals surface area (Å²) in [4.78, 5) is 30.7.